The van der Waals surface area contributed by atoms with E-state index in [1.165, 1.54) is 47.7 Å². The van der Waals surface area contributed by atoms with E-state index >= 15 is 0 Å². The van der Waals surface area contributed by atoms with Gasteiger partial charge in [-0.2, -0.15) is 0 Å². The van der Waals surface area contributed by atoms with E-state index in [0.29, 0.717) is 11.5 Å². The summed E-state index contributed by atoms with van der Waals surface area (Å²) in [5.41, 5.74) is 4.90. The molecule has 0 unspecified atom stereocenters. The molecule has 2 heteroatoms. The van der Waals surface area contributed by atoms with Crippen LogP contribution in [0.5, 0.6) is 0 Å². The minimum absolute atomic E-state index is 0.387. The first kappa shape index (κ1) is 18.7. The topological polar surface area (TPSA) is 9.23 Å². The van der Waals surface area contributed by atoms with Crippen molar-refractivity contribution < 1.29 is 4.74 Å². The Hall–Kier alpha value is -0.610. The number of ether oxygens (including phenoxy) is 1. The third-order valence-corrected chi connectivity index (χ3v) is 8.03. The van der Waals surface area contributed by atoms with Crippen molar-refractivity contribution in [3.8, 4) is 0 Å². The van der Waals surface area contributed by atoms with E-state index in [-0.39, 0.29) is 0 Å². The molecule has 2 fully saturated rings. The molecule has 0 saturated heterocycles. The minimum Gasteiger partial charge on any atom is -0.373 e. The van der Waals surface area contributed by atoms with Gasteiger partial charge in [-0.05, 0) is 67.3 Å². The summed E-state index contributed by atoms with van der Waals surface area (Å²) in [6, 6.07) is 10.6. The Balaban J connectivity index is 1.44. The maximum absolute atomic E-state index is 6.30. The molecule has 1 aromatic rings. The highest BCUT2D eigenvalue weighted by Gasteiger charge is 2.52. The number of hydrogen-bond acceptors (Lipinski definition) is 1. The number of rotatable bonds is 5. The normalized spacial score (nSPS) is 36.4. The third-order valence-electron chi connectivity index (χ3n) is 7.41. The molecule has 0 N–H and O–H groups in total. The molecule has 0 bridgehead atoms. The van der Waals surface area contributed by atoms with E-state index in [2.05, 4.69) is 72.5 Å². The molecule has 0 radical (unpaired) electrons. The van der Waals surface area contributed by atoms with Gasteiger partial charge < -0.3 is 4.74 Å². The van der Waals surface area contributed by atoms with E-state index in [9.17, 15) is 0 Å². The first-order chi connectivity index (χ1) is 12.6. The molecule has 140 valence electrons. The van der Waals surface area contributed by atoms with Crippen LogP contribution in [0.25, 0.3) is 0 Å². The summed E-state index contributed by atoms with van der Waals surface area (Å²) in [4.78, 5) is 0. The largest absolute Gasteiger partial charge is 0.373 e. The third kappa shape index (κ3) is 3.44. The van der Waals surface area contributed by atoms with Crippen LogP contribution in [0.1, 0.15) is 51.0 Å². The van der Waals surface area contributed by atoms with Gasteiger partial charge in [-0.3, -0.25) is 0 Å². The Kier molecular flexibility index (Phi) is 5.61. The Morgan fingerprint density at radius 3 is 2.81 bits per heavy atom. The zero-order valence-electron chi connectivity index (χ0n) is 15.9. The maximum Gasteiger partial charge on any atom is 0.0720 e. The summed E-state index contributed by atoms with van der Waals surface area (Å²) in [7, 11) is 0. The molecular weight excluding hydrogens is 431 g/mol. The Morgan fingerprint density at radius 1 is 1.23 bits per heavy atom. The number of halogens is 1. The quantitative estimate of drug-likeness (QED) is 0.268. The van der Waals surface area contributed by atoms with Gasteiger partial charge in [0.25, 0.3) is 0 Å². The van der Waals surface area contributed by atoms with E-state index in [0.717, 1.165) is 30.8 Å². The molecule has 5 atom stereocenters. The average Bonchev–Trinajstić information content (AvgIpc) is 2.98. The Morgan fingerprint density at radius 2 is 2.04 bits per heavy atom. The predicted octanol–water partition coefficient (Wildman–Crippen LogP) is 6.73. The maximum atomic E-state index is 6.30. The van der Waals surface area contributed by atoms with Crippen molar-refractivity contribution in [2.24, 2.45) is 23.2 Å². The molecule has 4 rings (SSSR count). The van der Waals surface area contributed by atoms with Gasteiger partial charge >= 0.3 is 0 Å². The molecule has 3 aliphatic carbocycles. The zero-order chi connectivity index (χ0) is 18.1. The van der Waals surface area contributed by atoms with Crippen molar-refractivity contribution in [3.63, 3.8) is 0 Å². The van der Waals surface area contributed by atoms with E-state index < -0.39 is 0 Å². The molecule has 0 aromatic heterocycles. The molecule has 2 saturated carbocycles. The number of fused-ring (bicyclic) bond motifs is 3. The highest BCUT2D eigenvalue weighted by atomic mass is 127. The van der Waals surface area contributed by atoms with E-state index in [1.54, 1.807) is 5.57 Å². The van der Waals surface area contributed by atoms with Crippen molar-refractivity contribution in [3.05, 3.63) is 59.7 Å². The first-order valence-corrected chi connectivity index (χ1v) is 11.7. The van der Waals surface area contributed by atoms with Crippen molar-refractivity contribution in [1.29, 1.82) is 0 Å². The SMILES string of the molecule is C=C1C[C@H]2[C@@H](CC=C3C[C@@H](OCc4ccccc4)CC[C@@]32C)[C@@H]1CCI. The fourth-order valence-corrected chi connectivity index (χ4v) is 6.55. The molecule has 0 heterocycles. The van der Waals surface area contributed by atoms with Gasteiger partial charge in [-0.25, -0.2) is 0 Å². The first-order valence-electron chi connectivity index (χ1n) is 10.2. The fourth-order valence-electron chi connectivity index (χ4n) is 5.88. The smallest absolute Gasteiger partial charge is 0.0720 e. The summed E-state index contributed by atoms with van der Waals surface area (Å²) < 4.78 is 7.55. The van der Waals surface area contributed by atoms with E-state index in [4.69, 9.17) is 4.74 Å². The lowest BCUT2D eigenvalue weighted by Gasteiger charge is -2.49. The van der Waals surface area contributed by atoms with Gasteiger partial charge in [0.1, 0.15) is 0 Å². The molecule has 1 nitrogen and oxygen atoms in total. The predicted molar refractivity (Wildman–Crippen MR) is 117 cm³/mol. The second kappa shape index (κ2) is 7.79. The van der Waals surface area contributed by atoms with Crippen LogP contribution in [0, 0.1) is 23.2 Å². The summed E-state index contributed by atoms with van der Waals surface area (Å²) in [5, 5.41) is 0. The standard InChI is InChI=1S/C24H31IO/c1-17-14-23-22(21(17)11-13-25)9-8-19-15-20(10-12-24(19,23)2)26-16-18-6-4-3-5-7-18/h3-8,20-23H,1,9-16H2,2H3/t20-,21+,22-,23-,24-/m0/s1. The molecule has 0 spiro atoms. The van der Waals surface area contributed by atoms with Crippen LogP contribution >= 0.6 is 22.6 Å². The van der Waals surface area contributed by atoms with Crippen LogP contribution in [0.15, 0.2) is 54.1 Å². The lowest BCUT2D eigenvalue weighted by molar-refractivity contribution is -0.00655. The zero-order valence-corrected chi connectivity index (χ0v) is 18.1. The van der Waals surface area contributed by atoms with Gasteiger partial charge in [-0.1, -0.05) is 83.6 Å². The van der Waals surface area contributed by atoms with E-state index in [1.807, 2.05) is 0 Å². The van der Waals surface area contributed by atoms with Crippen LogP contribution in [0.3, 0.4) is 0 Å². The van der Waals surface area contributed by atoms with Crippen molar-refractivity contribution in [2.75, 3.05) is 4.43 Å². The Bertz CT molecular complexity index is 679. The lowest BCUT2D eigenvalue weighted by Crippen LogP contribution is -2.41. The summed E-state index contributed by atoms with van der Waals surface area (Å²) in [6.45, 7) is 7.76. The van der Waals surface area contributed by atoms with Gasteiger partial charge in [0.15, 0.2) is 0 Å². The van der Waals surface area contributed by atoms with Gasteiger partial charge in [-0.15, -0.1) is 0 Å². The van der Waals surface area contributed by atoms with Gasteiger partial charge in [0, 0.05) is 4.43 Å². The monoisotopic (exact) mass is 462 g/mol. The minimum atomic E-state index is 0.387. The lowest BCUT2D eigenvalue weighted by atomic mass is 9.57. The Labute approximate surface area is 172 Å². The van der Waals surface area contributed by atoms with Crippen LogP contribution in [0.2, 0.25) is 0 Å². The molecule has 1 aromatic carbocycles. The molecule has 0 aliphatic heterocycles. The second-order valence-corrected chi connectivity index (χ2v) is 9.84. The van der Waals surface area contributed by atoms with Gasteiger partial charge in [0.05, 0.1) is 12.7 Å². The van der Waals surface area contributed by atoms with Crippen LogP contribution in [-0.2, 0) is 11.3 Å². The van der Waals surface area contributed by atoms with Crippen molar-refractivity contribution in [1.82, 2.24) is 0 Å². The van der Waals surface area contributed by atoms with Crippen LogP contribution in [-0.4, -0.2) is 10.5 Å². The van der Waals surface area contributed by atoms with Crippen LogP contribution in [0.4, 0.5) is 0 Å². The summed E-state index contributed by atoms with van der Waals surface area (Å²) >= 11 is 2.53. The molecular formula is C24H31IO. The number of allylic oxidation sites excluding steroid dienone is 2. The molecule has 26 heavy (non-hydrogen) atoms. The van der Waals surface area contributed by atoms with Crippen molar-refractivity contribution >= 4 is 22.6 Å². The summed E-state index contributed by atoms with van der Waals surface area (Å²) in [6.07, 6.45) is 10.4. The number of benzene rings is 1. The van der Waals surface area contributed by atoms with Crippen LogP contribution < -0.4 is 0 Å². The average molecular weight is 462 g/mol. The summed E-state index contributed by atoms with van der Waals surface area (Å²) in [5.74, 6) is 2.42. The molecule has 3 aliphatic rings. The highest BCUT2D eigenvalue weighted by Crippen LogP contribution is 2.61. The number of alkyl halides is 1. The van der Waals surface area contributed by atoms with Gasteiger partial charge in [0.2, 0.25) is 0 Å². The molecule has 0 amide bonds. The second-order valence-electron chi connectivity index (χ2n) is 8.76. The fraction of sp³-hybridized carbons (Fsp3) is 0.583. The highest BCUT2D eigenvalue weighted by molar-refractivity contribution is 14.1. The van der Waals surface area contributed by atoms with Crippen molar-refractivity contribution in [2.45, 2.75) is 58.2 Å². The number of hydrogen-bond donors (Lipinski definition) is 0.